The largest absolute Gasteiger partial charge is 0.356 e. The summed E-state index contributed by atoms with van der Waals surface area (Å²) in [6, 6.07) is 4.53. The van der Waals surface area contributed by atoms with Gasteiger partial charge in [-0.15, -0.1) is 0 Å². The summed E-state index contributed by atoms with van der Waals surface area (Å²) in [6.07, 6.45) is 3.52. The fourth-order valence-corrected chi connectivity index (χ4v) is 3.30. The van der Waals surface area contributed by atoms with E-state index in [0.717, 1.165) is 15.7 Å². The van der Waals surface area contributed by atoms with Crippen LogP contribution in [0.4, 0.5) is 10.1 Å². The summed E-state index contributed by atoms with van der Waals surface area (Å²) in [7, 11) is 1.82. The predicted octanol–water partition coefficient (Wildman–Crippen LogP) is 2.14. The molecule has 3 rings (SSSR count). The maximum atomic E-state index is 13.5. The highest BCUT2D eigenvalue weighted by Crippen LogP contribution is 2.19. The summed E-state index contributed by atoms with van der Waals surface area (Å²) in [4.78, 5) is 20.9. The van der Waals surface area contributed by atoms with Gasteiger partial charge in [-0.05, 0) is 30.7 Å². The molecule has 1 saturated heterocycles. The molecule has 1 fully saturated rings. The van der Waals surface area contributed by atoms with Crippen LogP contribution in [-0.2, 0) is 18.4 Å². The summed E-state index contributed by atoms with van der Waals surface area (Å²) in [6.45, 7) is 4.40. The number of nitrogens with one attached hydrogen (secondary N) is 1. The van der Waals surface area contributed by atoms with Crippen molar-refractivity contribution in [1.82, 2.24) is 20.0 Å². The van der Waals surface area contributed by atoms with Gasteiger partial charge in [-0.1, -0.05) is 15.9 Å². The predicted molar refractivity (Wildman–Crippen MR) is 106 cm³/mol. The zero-order chi connectivity index (χ0) is 19.4. The minimum Gasteiger partial charge on any atom is -0.356 e. The molecule has 0 radical (unpaired) electrons. The zero-order valence-electron chi connectivity index (χ0n) is 15.3. The first-order chi connectivity index (χ1) is 13.0. The van der Waals surface area contributed by atoms with E-state index in [-0.39, 0.29) is 18.3 Å². The van der Waals surface area contributed by atoms with Crippen molar-refractivity contribution in [2.75, 3.05) is 31.1 Å². The highest BCUT2D eigenvalue weighted by molar-refractivity contribution is 9.10. The molecule has 2 aromatic rings. The third kappa shape index (κ3) is 4.65. The van der Waals surface area contributed by atoms with Gasteiger partial charge in [0.05, 0.1) is 18.4 Å². The number of hydrogen-bond acceptors (Lipinski definition) is 3. The second-order valence-electron chi connectivity index (χ2n) is 6.25. The van der Waals surface area contributed by atoms with Crippen molar-refractivity contribution >= 4 is 33.5 Å². The molecule has 0 spiro atoms. The molecule has 0 bridgehead atoms. The lowest BCUT2D eigenvalue weighted by Crippen LogP contribution is -2.55. The Kier molecular flexibility index (Phi) is 6.10. The molecule has 0 atom stereocenters. The minimum absolute atomic E-state index is 0.00760. The number of carbonyl (C=O) groups is 1. The molecule has 1 amide bonds. The third-order valence-electron chi connectivity index (χ3n) is 4.26. The lowest BCUT2D eigenvalue weighted by molar-refractivity contribution is -0.120. The maximum absolute atomic E-state index is 13.5. The van der Waals surface area contributed by atoms with Crippen LogP contribution in [0.2, 0.25) is 0 Å². The van der Waals surface area contributed by atoms with Crippen molar-refractivity contribution in [3.63, 3.8) is 0 Å². The maximum Gasteiger partial charge on any atom is 0.246 e. The van der Waals surface area contributed by atoms with Crippen molar-refractivity contribution in [2.24, 2.45) is 12.0 Å². The number of benzene rings is 1. The molecule has 144 valence electrons. The van der Waals surface area contributed by atoms with E-state index in [2.05, 4.69) is 31.3 Å². The Balaban J connectivity index is 1.72. The summed E-state index contributed by atoms with van der Waals surface area (Å²) in [5, 5.41) is 7.34. The van der Waals surface area contributed by atoms with Gasteiger partial charge in [0.2, 0.25) is 5.91 Å². The number of guanidine groups is 1. The Labute approximate surface area is 166 Å². The van der Waals surface area contributed by atoms with E-state index >= 15 is 0 Å². The van der Waals surface area contributed by atoms with Crippen LogP contribution in [0.1, 0.15) is 12.5 Å². The number of rotatable bonds is 4. The number of hydrogen-bond donors (Lipinski definition) is 1. The van der Waals surface area contributed by atoms with E-state index in [1.165, 1.54) is 12.1 Å². The standard InChI is InChI=1S/C18H22BrFN6O/c1-3-21-18(22-9-13-8-14(20)4-5-16(13)19)25-6-7-26(17(27)12-25)15-10-23-24(2)11-15/h4-5,8,10-11H,3,6-7,9,12H2,1-2H3,(H,21,22). The molecule has 1 aromatic heterocycles. The van der Waals surface area contributed by atoms with E-state index < -0.39 is 0 Å². The molecule has 27 heavy (non-hydrogen) atoms. The van der Waals surface area contributed by atoms with Gasteiger partial charge in [-0.25, -0.2) is 9.38 Å². The molecule has 7 nitrogen and oxygen atoms in total. The quantitative estimate of drug-likeness (QED) is 0.588. The molecular weight excluding hydrogens is 415 g/mol. The van der Waals surface area contributed by atoms with Gasteiger partial charge in [0, 0.05) is 37.4 Å². The number of halogens is 2. The van der Waals surface area contributed by atoms with Crippen LogP contribution in [0.25, 0.3) is 0 Å². The van der Waals surface area contributed by atoms with Crippen LogP contribution in [-0.4, -0.2) is 52.7 Å². The Morgan fingerprint density at radius 2 is 2.22 bits per heavy atom. The van der Waals surface area contributed by atoms with Crippen LogP contribution in [0.3, 0.4) is 0 Å². The van der Waals surface area contributed by atoms with Crippen LogP contribution in [0.5, 0.6) is 0 Å². The summed E-state index contributed by atoms with van der Waals surface area (Å²) in [5.74, 6) is 0.341. The number of carbonyl (C=O) groups excluding carboxylic acids is 1. The van der Waals surface area contributed by atoms with Crippen molar-refractivity contribution in [3.8, 4) is 0 Å². The highest BCUT2D eigenvalue weighted by atomic mass is 79.9. The van der Waals surface area contributed by atoms with E-state index in [4.69, 9.17) is 0 Å². The highest BCUT2D eigenvalue weighted by Gasteiger charge is 2.27. The number of aryl methyl sites for hydroxylation is 1. The average molecular weight is 437 g/mol. The van der Waals surface area contributed by atoms with E-state index in [0.29, 0.717) is 32.1 Å². The van der Waals surface area contributed by atoms with Crippen molar-refractivity contribution < 1.29 is 9.18 Å². The number of nitrogens with zero attached hydrogens (tertiary/aromatic N) is 5. The third-order valence-corrected chi connectivity index (χ3v) is 5.04. The molecule has 0 saturated carbocycles. The Morgan fingerprint density at radius 3 is 2.89 bits per heavy atom. The zero-order valence-corrected chi connectivity index (χ0v) is 16.9. The molecule has 9 heteroatoms. The molecule has 0 unspecified atom stereocenters. The Hall–Kier alpha value is -2.42. The Bertz CT molecular complexity index is 852. The van der Waals surface area contributed by atoms with Gasteiger partial charge < -0.3 is 15.1 Å². The molecule has 1 aliphatic heterocycles. The normalized spacial score (nSPS) is 15.4. The van der Waals surface area contributed by atoms with Crippen LogP contribution in [0.15, 0.2) is 40.1 Å². The van der Waals surface area contributed by atoms with Gasteiger partial charge in [0.15, 0.2) is 5.96 Å². The number of anilines is 1. The van der Waals surface area contributed by atoms with E-state index in [9.17, 15) is 9.18 Å². The molecular formula is C18H22BrFN6O. The molecule has 1 aliphatic rings. The first kappa shape index (κ1) is 19.3. The van der Waals surface area contributed by atoms with E-state index in [1.54, 1.807) is 21.8 Å². The van der Waals surface area contributed by atoms with Gasteiger partial charge >= 0.3 is 0 Å². The van der Waals surface area contributed by atoms with Gasteiger partial charge in [-0.2, -0.15) is 5.10 Å². The summed E-state index contributed by atoms with van der Waals surface area (Å²) >= 11 is 3.42. The van der Waals surface area contributed by atoms with Crippen molar-refractivity contribution in [1.29, 1.82) is 0 Å². The molecule has 1 aromatic carbocycles. The monoisotopic (exact) mass is 436 g/mol. The topological polar surface area (TPSA) is 65.8 Å². The first-order valence-corrected chi connectivity index (χ1v) is 9.53. The average Bonchev–Trinajstić information content (AvgIpc) is 3.07. The fraction of sp³-hybridized carbons (Fsp3) is 0.389. The first-order valence-electron chi connectivity index (χ1n) is 8.74. The van der Waals surface area contributed by atoms with Gasteiger partial charge in [0.25, 0.3) is 0 Å². The second-order valence-corrected chi connectivity index (χ2v) is 7.10. The van der Waals surface area contributed by atoms with Crippen molar-refractivity contribution in [2.45, 2.75) is 13.5 Å². The van der Waals surface area contributed by atoms with Crippen LogP contribution < -0.4 is 10.2 Å². The SMILES string of the molecule is CCNC(=NCc1cc(F)ccc1Br)N1CCN(c2cnn(C)c2)C(=O)C1. The van der Waals surface area contributed by atoms with Crippen LogP contribution in [0, 0.1) is 5.82 Å². The van der Waals surface area contributed by atoms with Gasteiger partial charge in [0.1, 0.15) is 12.4 Å². The minimum atomic E-state index is -0.298. The lowest BCUT2D eigenvalue weighted by Gasteiger charge is -2.35. The fourth-order valence-electron chi connectivity index (χ4n) is 2.93. The number of aliphatic imine (C=N–C) groups is 1. The number of amides is 1. The van der Waals surface area contributed by atoms with Crippen molar-refractivity contribution in [3.05, 3.63) is 46.4 Å². The number of piperazine rings is 1. The number of aromatic nitrogens is 2. The van der Waals surface area contributed by atoms with Crippen LogP contribution >= 0.6 is 15.9 Å². The second kappa shape index (κ2) is 8.51. The summed E-state index contributed by atoms with van der Waals surface area (Å²) in [5.41, 5.74) is 1.55. The summed E-state index contributed by atoms with van der Waals surface area (Å²) < 4.78 is 16.0. The van der Waals surface area contributed by atoms with Gasteiger partial charge in [-0.3, -0.25) is 9.48 Å². The molecule has 2 heterocycles. The smallest absolute Gasteiger partial charge is 0.246 e. The lowest BCUT2D eigenvalue weighted by atomic mass is 10.2. The molecule has 1 N–H and O–H groups in total. The Morgan fingerprint density at radius 1 is 1.41 bits per heavy atom. The molecule has 0 aliphatic carbocycles. The van der Waals surface area contributed by atoms with E-state index in [1.807, 2.05) is 25.1 Å².